The van der Waals surface area contributed by atoms with Gasteiger partial charge in [-0.3, -0.25) is 9.59 Å². The van der Waals surface area contributed by atoms with Crippen LogP contribution < -0.4 is 5.32 Å². The quantitative estimate of drug-likeness (QED) is 0.673. The van der Waals surface area contributed by atoms with Crippen molar-refractivity contribution in [3.05, 3.63) is 16.0 Å². The summed E-state index contributed by atoms with van der Waals surface area (Å²) in [5.41, 5.74) is 0.587. The van der Waals surface area contributed by atoms with E-state index in [-0.39, 0.29) is 17.2 Å². The highest BCUT2D eigenvalue weighted by atomic mass is 32.1. The van der Waals surface area contributed by atoms with Crippen molar-refractivity contribution in [2.45, 2.75) is 59.3 Å². The van der Waals surface area contributed by atoms with E-state index in [9.17, 15) is 14.4 Å². The summed E-state index contributed by atoms with van der Waals surface area (Å²) in [6, 6.07) is 0. The number of ether oxygens (including phenoxy) is 1. The minimum Gasteiger partial charge on any atom is -0.465 e. The first-order valence-corrected chi connectivity index (χ1v) is 12.0. The van der Waals surface area contributed by atoms with Crippen molar-refractivity contribution >= 4 is 34.1 Å². The molecule has 7 heteroatoms. The highest BCUT2D eigenvalue weighted by molar-refractivity contribution is 7.18. The van der Waals surface area contributed by atoms with Crippen LogP contribution in [0.25, 0.3) is 0 Å². The Bertz CT molecular complexity index is 836. The number of amides is 2. The van der Waals surface area contributed by atoms with Gasteiger partial charge in [0, 0.05) is 13.1 Å². The number of nitrogens with zero attached hydrogens (tertiary/aromatic N) is 1. The summed E-state index contributed by atoms with van der Waals surface area (Å²) in [4.78, 5) is 41.3. The van der Waals surface area contributed by atoms with E-state index in [1.807, 2.05) is 13.8 Å². The molecule has 5 rings (SSSR count). The first-order valence-electron chi connectivity index (χ1n) is 11.1. The molecule has 0 saturated heterocycles. The molecule has 4 aliphatic rings. The van der Waals surface area contributed by atoms with Crippen LogP contribution in [0.2, 0.25) is 0 Å². The number of nitrogens with one attached hydrogen (secondary N) is 1. The van der Waals surface area contributed by atoms with E-state index in [2.05, 4.69) is 5.32 Å². The maximum absolute atomic E-state index is 13.5. The van der Waals surface area contributed by atoms with Gasteiger partial charge in [0.25, 0.3) is 5.91 Å². The second kappa shape index (κ2) is 7.98. The number of anilines is 1. The number of hydrogen-bond donors (Lipinski definition) is 1. The molecule has 4 aliphatic carbocycles. The Labute approximate surface area is 182 Å². The van der Waals surface area contributed by atoms with E-state index in [4.69, 9.17) is 4.74 Å². The molecule has 1 N–H and O–H groups in total. The van der Waals surface area contributed by atoms with Crippen LogP contribution in [0.15, 0.2) is 0 Å². The van der Waals surface area contributed by atoms with Gasteiger partial charge in [0.05, 0.1) is 23.0 Å². The largest absolute Gasteiger partial charge is 0.465 e. The average Bonchev–Trinajstić information content (AvgIpc) is 3.03. The fourth-order valence-corrected chi connectivity index (χ4v) is 7.59. The van der Waals surface area contributed by atoms with Gasteiger partial charge >= 0.3 is 5.97 Å². The molecule has 0 unspecified atom stereocenters. The van der Waals surface area contributed by atoms with Crippen LogP contribution in [-0.4, -0.2) is 42.9 Å². The third-order valence-corrected chi connectivity index (χ3v) is 8.72. The molecular weight excluding hydrogens is 400 g/mol. The van der Waals surface area contributed by atoms with Crippen molar-refractivity contribution in [3.63, 3.8) is 0 Å². The lowest BCUT2D eigenvalue weighted by Gasteiger charge is -2.55. The van der Waals surface area contributed by atoms with Gasteiger partial charge in [-0.25, -0.2) is 4.79 Å². The zero-order valence-electron chi connectivity index (χ0n) is 18.4. The normalized spacial score (nSPS) is 29.0. The Morgan fingerprint density at radius 3 is 2.07 bits per heavy atom. The van der Waals surface area contributed by atoms with Gasteiger partial charge in [0.2, 0.25) is 5.91 Å². The smallest absolute Gasteiger partial charge is 0.341 e. The molecule has 0 aromatic carbocycles. The molecule has 0 aliphatic heterocycles. The minimum atomic E-state index is -0.511. The predicted molar refractivity (Wildman–Crippen MR) is 117 cm³/mol. The van der Waals surface area contributed by atoms with E-state index in [0.717, 1.165) is 19.3 Å². The topological polar surface area (TPSA) is 75.7 Å². The minimum absolute atomic E-state index is 0.0230. The Morgan fingerprint density at radius 2 is 1.60 bits per heavy atom. The van der Waals surface area contributed by atoms with Gasteiger partial charge in [0.1, 0.15) is 5.00 Å². The average molecular weight is 433 g/mol. The van der Waals surface area contributed by atoms with Crippen LogP contribution in [0.5, 0.6) is 0 Å². The molecule has 6 nitrogen and oxygen atoms in total. The molecule has 164 valence electrons. The summed E-state index contributed by atoms with van der Waals surface area (Å²) in [6.45, 7) is 6.81. The van der Waals surface area contributed by atoms with Gasteiger partial charge in [-0.1, -0.05) is 0 Å². The summed E-state index contributed by atoms with van der Waals surface area (Å²) in [5.74, 6) is 1.38. The van der Waals surface area contributed by atoms with Crippen LogP contribution in [0.4, 0.5) is 5.00 Å². The number of esters is 1. The van der Waals surface area contributed by atoms with Crippen LogP contribution in [0.1, 0.15) is 78.0 Å². The zero-order valence-corrected chi connectivity index (χ0v) is 19.2. The Hall–Kier alpha value is -1.89. The number of thiophene rings is 1. The SMILES string of the molecule is CCN(CC)C(=O)c1sc(NC(=O)C23CC4CC(CC(C4)C2)C3)c(C(=O)OC)c1C. The van der Waals surface area contributed by atoms with Crippen LogP contribution >= 0.6 is 11.3 Å². The van der Waals surface area contributed by atoms with Gasteiger partial charge in [-0.05, 0) is 82.6 Å². The molecule has 0 radical (unpaired) electrons. The summed E-state index contributed by atoms with van der Waals surface area (Å²) >= 11 is 1.21. The molecule has 4 bridgehead atoms. The van der Waals surface area contributed by atoms with E-state index >= 15 is 0 Å². The van der Waals surface area contributed by atoms with Crippen molar-refractivity contribution in [2.75, 3.05) is 25.5 Å². The number of methoxy groups -OCH3 is 1. The summed E-state index contributed by atoms with van der Waals surface area (Å²) < 4.78 is 4.99. The molecule has 2 amide bonds. The molecule has 1 heterocycles. The van der Waals surface area contributed by atoms with Crippen molar-refractivity contribution in [1.29, 1.82) is 0 Å². The fraction of sp³-hybridized carbons (Fsp3) is 0.696. The number of rotatable bonds is 6. The molecular formula is C23H32N2O4S. The van der Waals surface area contributed by atoms with Gasteiger partial charge in [0.15, 0.2) is 0 Å². The van der Waals surface area contributed by atoms with Crippen molar-refractivity contribution in [2.24, 2.45) is 23.2 Å². The van der Waals surface area contributed by atoms with Gasteiger partial charge in [-0.2, -0.15) is 0 Å². The van der Waals surface area contributed by atoms with E-state index in [1.54, 1.807) is 11.8 Å². The highest BCUT2D eigenvalue weighted by Crippen LogP contribution is 2.60. The predicted octanol–water partition coefficient (Wildman–Crippen LogP) is 4.48. The second-order valence-electron chi connectivity index (χ2n) is 9.38. The van der Waals surface area contributed by atoms with E-state index in [0.29, 0.717) is 51.8 Å². The maximum Gasteiger partial charge on any atom is 0.341 e. The lowest BCUT2D eigenvalue weighted by molar-refractivity contribution is -0.140. The Morgan fingerprint density at radius 1 is 1.07 bits per heavy atom. The molecule has 1 aromatic rings. The molecule has 0 atom stereocenters. The van der Waals surface area contributed by atoms with E-state index < -0.39 is 5.97 Å². The molecule has 4 fully saturated rings. The molecule has 30 heavy (non-hydrogen) atoms. The van der Waals surface area contributed by atoms with Crippen molar-refractivity contribution in [1.82, 2.24) is 4.90 Å². The van der Waals surface area contributed by atoms with Crippen molar-refractivity contribution < 1.29 is 19.1 Å². The van der Waals surface area contributed by atoms with Crippen molar-refractivity contribution in [3.8, 4) is 0 Å². The van der Waals surface area contributed by atoms with Gasteiger partial charge in [-0.15, -0.1) is 11.3 Å². The third-order valence-electron chi connectivity index (χ3n) is 7.53. The fourth-order valence-electron chi connectivity index (χ4n) is 6.43. The molecule has 4 saturated carbocycles. The lowest BCUT2D eigenvalue weighted by atomic mass is 9.49. The summed E-state index contributed by atoms with van der Waals surface area (Å²) in [7, 11) is 1.33. The van der Waals surface area contributed by atoms with Crippen LogP contribution in [0.3, 0.4) is 0 Å². The van der Waals surface area contributed by atoms with Crippen LogP contribution in [0, 0.1) is 30.1 Å². The summed E-state index contributed by atoms with van der Waals surface area (Å²) in [5, 5.41) is 3.54. The molecule has 0 spiro atoms. The standard InChI is InChI=1S/C23H32N2O4S/c1-5-25(6-2)20(26)18-13(3)17(21(27)29-4)19(30-18)24-22(28)23-10-14-7-15(11-23)9-16(8-14)12-23/h14-16H,5-12H2,1-4H3,(H,24,28). The Balaban J connectivity index is 1.65. The number of carbonyl (C=O) groups excluding carboxylic acids is 3. The lowest BCUT2D eigenvalue weighted by Crippen LogP contribution is -2.51. The first kappa shape index (κ1) is 21.3. The maximum atomic E-state index is 13.5. The first-order chi connectivity index (χ1) is 14.3. The monoisotopic (exact) mass is 432 g/mol. The highest BCUT2D eigenvalue weighted by Gasteiger charge is 2.54. The molecule has 1 aromatic heterocycles. The number of carbonyl (C=O) groups is 3. The zero-order chi connectivity index (χ0) is 21.6. The second-order valence-corrected chi connectivity index (χ2v) is 10.4. The summed E-state index contributed by atoms with van der Waals surface area (Å²) in [6.07, 6.45) is 6.65. The van der Waals surface area contributed by atoms with Crippen LogP contribution in [-0.2, 0) is 9.53 Å². The Kier molecular flexibility index (Phi) is 5.68. The third kappa shape index (κ3) is 3.45. The van der Waals surface area contributed by atoms with Gasteiger partial charge < -0.3 is 15.0 Å². The number of hydrogen-bond acceptors (Lipinski definition) is 5. The van der Waals surface area contributed by atoms with E-state index in [1.165, 1.54) is 37.7 Å².